The minimum absolute atomic E-state index is 0.0327. The average molecular weight is 459 g/mol. The number of nitrogens with zero attached hydrogens (tertiary/aromatic N) is 3. The van der Waals surface area contributed by atoms with E-state index in [9.17, 15) is 13.6 Å². The smallest absolute Gasteiger partial charge is 0.284 e. The fourth-order valence-corrected chi connectivity index (χ4v) is 3.32. The third kappa shape index (κ3) is 4.60. The number of rotatable bonds is 5. The van der Waals surface area contributed by atoms with Crippen molar-refractivity contribution < 1.29 is 18.1 Å². The van der Waals surface area contributed by atoms with E-state index in [-0.39, 0.29) is 28.7 Å². The van der Waals surface area contributed by atoms with Gasteiger partial charge in [-0.25, -0.2) is 0 Å². The van der Waals surface area contributed by atoms with Gasteiger partial charge in [0.15, 0.2) is 0 Å². The zero-order valence-electron chi connectivity index (χ0n) is 15.7. The molecule has 2 heterocycles. The normalized spacial score (nSPS) is 11.4. The molecule has 156 valence electrons. The van der Waals surface area contributed by atoms with Gasteiger partial charge < -0.3 is 9.84 Å². The second-order valence-electron chi connectivity index (χ2n) is 6.46. The third-order valence-electron chi connectivity index (χ3n) is 4.31. The molecule has 0 aliphatic rings. The number of hydrogen-bond donors (Lipinski definition) is 1. The van der Waals surface area contributed by atoms with Gasteiger partial charge in [0.25, 0.3) is 17.5 Å². The molecule has 4 aromatic rings. The highest BCUT2D eigenvalue weighted by Gasteiger charge is 2.31. The molecular formula is C21H14ClF2N4O2P. The molecule has 1 unspecified atom stereocenters. The van der Waals surface area contributed by atoms with E-state index in [2.05, 4.69) is 20.4 Å². The van der Waals surface area contributed by atoms with Crippen LogP contribution in [0.5, 0.6) is 0 Å². The van der Waals surface area contributed by atoms with E-state index in [0.717, 1.165) is 6.07 Å². The van der Waals surface area contributed by atoms with E-state index < -0.39 is 17.1 Å². The molecule has 0 bridgehead atoms. The first-order chi connectivity index (χ1) is 14.8. The molecule has 10 heteroatoms. The Hall–Kier alpha value is -3.22. The summed E-state index contributed by atoms with van der Waals surface area (Å²) in [4.78, 5) is 20.5. The second-order valence-corrected chi connectivity index (χ2v) is 7.59. The van der Waals surface area contributed by atoms with E-state index in [1.165, 1.54) is 33.6 Å². The first-order valence-corrected chi connectivity index (χ1v) is 9.91. The molecule has 0 aliphatic carbocycles. The van der Waals surface area contributed by atoms with Gasteiger partial charge in [-0.05, 0) is 42.5 Å². The van der Waals surface area contributed by atoms with Gasteiger partial charge in [0.1, 0.15) is 5.69 Å². The average Bonchev–Trinajstić information content (AvgIpc) is 3.24. The fourth-order valence-electron chi connectivity index (χ4n) is 2.86. The van der Waals surface area contributed by atoms with E-state index in [1.54, 1.807) is 36.4 Å². The van der Waals surface area contributed by atoms with Crippen molar-refractivity contribution in [3.05, 3.63) is 83.1 Å². The summed E-state index contributed by atoms with van der Waals surface area (Å²) in [5.74, 6) is -0.451. The monoisotopic (exact) mass is 458 g/mol. The Morgan fingerprint density at radius 2 is 1.84 bits per heavy atom. The van der Waals surface area contributed by atoms with E-state index in [1.807, 2.05) is 0 Å². The number of pyridine rings is 1. The van der Waals surface area contributed by atoms with Gasteiger partial charge in [0, 0.05) is 23.0 Å². The van der Waals surface area contributed by atoms with Crippen LogP contribution in [0.3, 0.4) is 0 Å². The minimum atomic E-state index is -3.31. The summed E-state index contributed by atoms with van der Waals surface area (Å²) in [5.41, 5.74) is -2.84. The highest BCUT2D eigenvalue weighted by Crippen LogP contribution is 2.42. The van der Waals surface area contributed by atoms with Crippen LogP contribution in [0.4, 0.5) is 14.5 Å². The van der Waals surface area contributed by atoms with Crippen molar-refractivity contribution in [2.75, 3.05) is 5.32 Å². The molecule has 0 aliphatic heterocycles. The van der Waals surface area contributed by atoms with Gasteiger partial charge in [-0.1, -0.05) is 44.2 Å². The summed E-state index contributed by atoms with van der Waals surface area (Å²) >= 11 is 6.14. The number of benzene rings is 2. The molecule has 4 rings (SSSR count). The second kappa shape index (κ2) is 8.49. The molecule has 0 saturated carbocycles. The Morgan fingerprint density at radius 1 is 1.06 bits per heavy atom. The molecule has 2 aromatic heterocycles. The van der Waals surface area contributed by atoms with Crippen molar-refractivity contribution in [2.45, 2.75) is 5.66 Å². The van der Waals surface area contributed by atoms with Crippen molar-refractivity contribution in [1.29, 1.82) is 0 Å². The van der Waals surface area contributed by atoms with Gasteiger partial charge >= 0.3 is 0 Å². The molecule has 0 spiro atoms. The number of alkyl halides is 2. The van der Waals surface area contributed by atoms with Crippen molar-refractivity contribution in [1.82, 2.24) is 15.1 Å². The molecule has 1 N–H and O–H groups in total. The Bertz CT molecular complexity index is 1250. The fraction of sp³-hybridized carbons (Fsp3) is 0.0476. The lowest BCUT2D eigenvalue weighted by Crippen LogP contribution is -2.14. The standard InChI is InChI=1S/C21H14ClF2N4O2P/c22-16-6-2-1-5-14(16)20-27-18(28-30-20)13-9-8-12(11-15(13)21(23,24)31)26-19(29)17-7-3-4-10-25-17/h1-11H,31H2,(H,26,29). The number of hydrogen-bond acceptors (Lipinski definition) is 5. The van der Waals surface area contributed by atoms with Crippen LogP contribution in [-0.4, -0.2) is 21.0 Å². The van der Waals surface area contributed by atoms with Gasteiger partial charge in [-0.15, -0.1) is 0 Å². The Morgan fingerprint density at radius 3 is 2.55 bits per heavy atom. The van der Waals surface area contributed by atoms with Crippen molar-refractivity contribution in [3.63, 3.8) is 0 Å². The van der Waals surface area contributed by atoms with Crippen LogP contribution < -0.4 is 5.32 Å². The number of anilines is 1. The summed E-state index contributed by atoms with van der Waals surface area (Å²) in [6, 6.07) is 15.7. The summed E-state index contributed by atoms with van der Waals surface area (Å²) in [6.45, 7) is 0. The zero-order valence-corrected chi connectivity index (χ0v) is 17.6. The maximum atomic E-state index is 14.4. The molecule has 0 fully saturated rings. The Kier molecular flexibility index (Phi) is 5.76. The molecule has 0 radical (unpaired) electrons. The number of amides is 1. The zero-order chi connectivity index (χ0) is 22.0. The maximum Gasteiger partial charge on any atom is 0.284 e. The van der Waals surface area contributed by atoms with E-state index >= 15 is 0 Å². The molecule has 1 amide bonds. The van der Waals surface area contributed by atoms with Gasteiger partial charge in [0.2, 0.25) is 5.82 Å². The summed E-state index contributed by atoms with van der Waals surface area (Å²) < 4.78 is 34.0. The summed E-state index contributed by atoms with van der Waals surface area (Å²) in [7, 11) is 1.48. The van der Waals surface area contributed by atoms with Crippen LogP contribution in [0, 0.1) is 0 Å². The predicted octanol–water partition coefficient (Wildman–Crippen LogP) is 5.63. The number of aromatic nitrogens is 3. The van der Waals surface area contributed by atoms with E-state index in [4.69, 9.17) is 16.1 Å². The molecular weight excluding hydrogens is 445 g/mol. The van der Waals surface area contributed by atoms with Crippen molar-refractivity contribution in [3.8, 4) is 22.8 Å². The van der Waals surface area contributed by atoms with Crippen LogP contribution in [0.2, 0.25) is 5.02 Å². The van der Waals surface area contributed by atoms with Gasteiger partial charge in [0.05, 0.1) is 10.6 Å². The van der Waals surface area contributed by atoms with Gasteiger partial charge in [-0.2, -0.15) is 13.8 Å². The van der Waals surface area contributed by atoms with Crippen molar-refractivity contribution in [2.24, 2.45) is 0 Å². The Balaban J connectivity index is 1.69. The number of carbonyl (C=O) groups excluding carboxylic acids is 1. The molecule has 31 heavy (non-hydrogen) atoms. The molecule has 1 atom stereocenters. The highest BCUT2D eigenvalue weighted by atomic mass is 35.5. The number of halogens is 3. The largest absolute Gasteiger partial charge is 0.334 e. The lowest BCUT2D eigenvalue weighted by Gasteiger charge is -2.16. The van der Waals surface area contributed by atoms with Gasteiger partial charge in [-0.3, -0.25) is 9.78 Å². The number of carbonyl (C=O) groups is 1. The molecule has 0 saturated heterocycles. The van der Waals surface area contributed by atoms with Crippen LogP contribution in [0.15, 0.2) is 71.4 Å². The Labute approximate surface area is 182 Å². The number of nitrogens with one attached hydrogen (secondary N) is 1. The molecule has 2 aromatic carbocycles. The lowest BCUT2D eigenvalue weighted by atomic mass is 10.1. The SMILES string of the molecule is O=C(Nc1ccc(-c2noc(-c3ccccc3Cl)n2)c(C(F)(F)P)c1)c1ccccn1. The highest BCUT2D eigenvalue weighted by molar-refractivity contribution is 7.17. The van der Waals surface area contributed by atoms with Crippen molar-refractivity contribution >= 4 is 32.4 Å². The summed E-state index contributed by atoms with van der Waals surface area (Å²) in [6.07, 6.45) is 1.47. The first-order valence-electron chi connectivity index (χ1n) is 8.95. The maximum absolute atomic E-state index is 14.4. The first kappa shape index (κ1) is 21.0. The van der Waals surface area contributed by atoms with Crippen LogP contribution >= 0.6 is 20.8 Å². The van der Waals surface area contributed by atoms with Crippen LogP contribution in [0.25, 0.3) is 22.8 Å². The van der Waals surface area contributed by atoms with Crippen LogP contribution in [0.1, 0.15) is 16.1 Å². The lowest BCUT2D eigenvalue weighted by molar-refractivity contribution is 0.101. The molecule has 6 nitrogen and oxygen atoms in total. The quantitative estimate of drug-likeness (QED) is 0.392. The summed E-state index contributed by atoms with van der Waals surface area (Å²) in [5, 5.41) is 6.78. The third-order valence-corrected chi connectivity index (χ3v) is 4.95. The predicted molar refractivity (Wildman–Crippen MR) is 116 cm³/mol. The van der Waals surface area contributed by atoms with Crippen LogP contribution in [-0.2, 0) is 5.66 Å². The topological polar surface area (TPSA) is 80.9 Å². The van der Waals surface area contributed by atoms with E-state index in [0.29, 0.717) is 10.6 Å². The minimum Gasteiger partial charge on any atom is -0.334 e.